The van der Waals surface area contributed by atoms with E-state index in [-0.39, 0.29) is 38.3 Å². The van der Waals surface area contributed by atoms with Crippen LogP contribution >= 0.6 is 12.4 Å². The van der Waals surface area contributed by atoms with Gasteiger partial charge in [-0.15, -0.1) is 12.4 Å². The Morgan fingerprint density at radius 3 is 2.29 bits per heavy atom. The molecule has 1 unspecified atom stereocenters. The molecule has 0 spiro atoms. The molecule has 0 aliphatic carbocycles. The highest BCUT2D eigenvalue weighted by atomic mass is 35.5. The molecule has 2 fully saturated rings. The summed E-state index contributed by atoms with van der Waals surface area (Å²) in [5.41, 5.74) is 0. The summed E-state index contributed by atoms with van der Waals surface area (Å²) < 4.78 is 51.1. The lowest BCUT2D eigenvalue weighted by molar-refractivity contribution is -0.0413. The van der Waals surface area contributed by atoms with Crippen molar-refractivity contribution in [2.75, 3.05) is 26.2 Å². The third-order valence-electron chi connectivity index (χ3n) is 3.25. The fourth-order valence-electron chi connectivity index (χ4n) is 2.16. The van der Waals surface area contributed by atoms with Gasteiger partial charge in [-0.2, -0.15) is 0 Å². The van der Waals surface area contributed by atoms with Gasteiger partial charge in [0.1, 0.15) is 0 Å². The van der Waals surface area contributed by atoms with Gasteiger partial charge in [0.2, 0.25) is 10.0 Å². The third kappa shape index (κ3) is 3.27. The fourth-order valence-corrected chi connectivity index (χ4v) is 4.02. The van der Waals surface area contributed by atoms with E-state index in [1.54, 1.807) is 0 Å². The Morgan fingerprint density at radius 1 is 1.24 bits per heavy atom. The van der Waals surface area contributed by atoms with Gasteiger partial charge < -0.3 is 5.32 Å². The van der Waals surface area contributed by atoms with E-state index in [4.69, 9.17) is 0 Å². The van der Waals surface area contributed by atoms with Crippen molar-refractivity contribution in [3.8, 4) is 0 Å². The van der Waals surface area contributed by atoms with Crippen LogP contribution < -0.4 is 5.32 Å². The molecule has 0 bridgehead atoms. The van der Waals surface area contributed by atoms with Crippen LogP contribution in [0.1, 0.15) is 19.3 Å². The quantitative estimate of drug-likeness (QED) is 0.820. The topological polar surface area (TPSA) is 49.4 Å². The second-order valence-electron chi connectivity index (χ2n) is 4.41. The van der Waals surface area contributed by atoms with Crippen LogP contribution in [-0.4, -0.2) is 50.1 Å². The van der Waals surface area contributed by atoms with Crippen molar-refractivity contribution in [3.05, 3.63) is 0 Å². The average Bonchev–Trinajstić information content (AvgIpc) is 2.70. The van der Waals surface area contributed by atoms with Gasteiger partial charge in [-0.05, 0) is 13.0 Å². The molecule has 2 rings (SSSR count). The number of nitrogens with one attached hydrogen (secondary N) is 1. The Bertz CT molecular complexity index is 348. The largest absolute Gasteiger partial charge is 0.315 e. The number of sulfonamides is 1. The predicted molar refractivity (Wildman–Crippen MR) is 63.2 cm³/mol. The number of halogens is 3. The van der Waals surface area contributed by atoms with E-state index in [0.717, 1.165) is 0 Å². The van der Waals surface area contributed by atoms with E-state index in [1.807, 2.05) is 0 Å². The summed E-state index contributed by atoms with van der Waals surface area (Å²) in [6.45, 7) is 1.03. The maximum absolute atomic E-state index is 12.9. The van der Waals surface area contributed by atoms with E-state index in [0.29, 0.717) is 19.5 Å². The van der Waals surface area contributed by atoms with Gasteiger partial charge in [0.25, 0.3) is 5.92 Å². The molecule has 0 amide bonds. The number of rotatable bonds is 2. The van der Waals surface area contributed by atoms with Crippen LogP contribution in [0.5, 0.6) is 0 Å². The summed E-state index contributed by atoms with van der Waals surface area (Å²) in [6, 6.07) is 0. The molecular weight excluding hydrogens is 274 g/mol. The van der Waals surface area contributed by atoms with Crippen LogP contribution in [0.4, 0.5) is 8.78 Å². The second-order valence-corrected chi connectivity index (χ2v) is 6.63. The molecule has 1 atom stereocenters. The molecule has 0 aromatic heterocycles. The Morgan fingerprint density at radius 2 is 1.82 bits per heavy atom. The fraction of sp³-hybridized carbons (Fsp3) is 1.00. The van der Waals surface area contributed by atoms with Crippen LogP contribution in [0.2, 0.25) is 0 Å². The number of hydrogen-bond donors (Lipinski definition) is 1. The SMILES string of the molecule is Cl.O=S(=O)(C1CCNC1)N1CCC(F)(F)CC1. The molecule has 0 radical (unpaired) electrons. The van der Waals surface area contributed by atoms with Gasteiger partial charge in [0, 0.05) is 32.5 Å². The van der Waals surface area contributed by atoms with E-state index in [1.165, 1.54) is 4.31 Å². The van der Waals surface area contributed by atoms with E-state index >= 15 is 0 Å². The highest BCUT2D eigenvalue weighted by Gasteiger charge is 2.41. The summed E-state index contributed by atoms with van der Waals surface area (Å²) >= 11 is 0. The van der Waals surface area contributed by atoms with Gasteiger partial charge in [0.05, 0.1) is 5.25 Å². The summed E-state index contributed by atoms with van der Waals surface area (Å²) in [5.74, 6) is -2.69. The van der Waals surface area contributed by atoms with Crippen molar-refractivity contribution in [2.45, 2.75) is 30.4 Å². The molecule has 17 heavy (non-hydrogen) atoms. The van der Waals surface area contributed by atoms with Crippen molar-refractivity contribution in [1.82, 2.24) is 9.62 Å². The Hall–Kier alpha value is 0.0200. The average molecular weight is 291 g/mol. The third-order valence-corrected chi connectivity index (χ3v) is 5.58. The van der Waals surface area contributed by atoms with Gasteiger partial charge in [0.15, 0.2) is 0 Å². The van der Waals surface area contributed by atoms with Crippen molar-refractivity contribution in [1.29, 1.82) is 0 Å². The summed E-state index contributed by atoms with van der Waals surface area (Å²) in [7, 11) is -3.37. The maximum Gasteiger partial charge on any atom is 0.250 e. The molecular formula is C9H17ClF2N2O2S. The predicted octanol–water partition coefficient (Wildman–Crippen LogP) is 0.831. The zero-order chi connectivity index (χ0) is 11.8. The smallest absolute Gasteiger partial charge is 0.250 e. The normalized spacial score (nSPS) is 29.9. The molecule has 2 saturated heterocycles. The van der Waals surface area contributed by atoms with Crippen molar-refractivity contribution >= 4 is 22.4 Å². The minimum atomic E-state index is -3.37. The van der Waals surface area contributed by atoms with Crippen LogP contribution in [0.15, 0.2) is 0 Å². The Balaban J connectivity index is 0.00000144. The van der Waals surface area contributed by atoms with Gasteiger partial charge in [-0.3, -0.25) is 0 Å². The standard InChI is InChI=1S/C9H16F2N2O2S.ClH/c10-9(11)2-5-13(6-3-9)16(14,15)8-1-4-12-7-8;/h8,12H,1-7H2;1H. The lowest BCUT2D eigenvalue weighted by atomic mass is 10.1. The molecule has 2 aliphatic rings. The number of hydrogen-bond acceptors (Lipinski definition) is 3. The first kappa shape index (κ1) is 15.1. The highest BCUT2D eigenvalue weighted by Crippen LogP contribution is 2.30. The Kier molecular flexibility index (Phi) is 4.73. The molecule has 0 saturated carbocycles. The molecule has 8 heteroatoms. The zero-order valence-corrected chi connectivity index (χ0v) is 11.0. The highest BCUT2D eigenvalue weighted by molar-refractivity contribution is 7.89. The maximum atomic E-state index is 12.9. The lowest BCUT2D eigenvalue weighted by Gasteiger charge is -2.32. The number of piperidine rings is 1. The van der Waals surface area contributed by atoms with Crippen LogP contribution in [0.3, 0.4) is 0 Å². The zero-order valence-electron chi connectivity index (χ0n) is 9.36. The summed E-state index contributed by atoms with van der Waals surface area (Å²) in [6.07, 6.45) is -0.131. The van der Waals surface area contributed by atoms with Crippen molar-refractivity contribution in [3.63, 3.8) is 0 Å². The lowest BCUT2D eigenvalue weighted by Crippen LogP contribution is -2.46. The molecule has 102 valence electrons. The molecule has 1 N–H and O–H groups in total. The van der Waals surface area contributed by atoms with Gasteiger partial charge in [-0.25, -0.2) is 21.5 Å². The van der Waals surface area contributed by atoms with Crippen LogP contribution in [0.25, 0.3) is 0 Å². The molecule has 0 aromatic carbocycles. The first-order valence-corrected chi connectivity index (χ1v) is 7.00. The second kappa shape index (κ2) is 5.34. The van der Waals surface area contributed by atoms with Crippen LogP contribution in [0, 0.1) is 0 Å². The Labute approximate surface area is 106 Å². The number of alkyl halides is 2. The van der Waals surface area contributed by atoms with Gasteiger partial charge in [-0.1, -0.05) is 0 Å². The molecule has 0 aromatic rings. The van der Waals surface area contributed by atoms with Gasteiger partial charge >= 0.3 is 0 Å². The van der Waals surface area contributed by atoms with E-state index < -0.39 is 21.2 Å². The summed E-state index contributed by atoms with van der Waals surface area (Å²) in [5, 5.41) is 2.55. The number of nitrogens with zero attached hydrogens (tertiary/aromatic N) is 1. The van der Waals surface area contributed by atoms with E-state index in [9.17, 15) is 17.2 Å². The monoisotopic (exact) mass is 290 g/mol. The molecule has 2 heterocycles. The van der Waals surface area contributed by atoms with E-state index in [2.05, 4.69) is 5.32 Å². The molecule has 4 nitrogen and oxygen atoms in total. The summed E-state index contributed by atoms with van der Waals surface area (Å²) in [4.78, 5) is 0. The first-order chi connectivity index (χ1) is 7.42. The molecule has 2 aliphatic heterocycles. The van der Waals surface area contributed by atoms with Crippen molar-refractivity contribution < 1.29 is 17.2 Å². The van der Waals surface area contributed by atoms with Crippen LogP contribution in [-0.2, 0) is 10.0 Å². The minimum absolute atomic E-state index is 0. The minimum Gasteiger partial charge on any atom is -0.315 e. The first-order valence-electron chi connectivity index (χ1n) is 5.49. The van der Waals surface area contributed by atoms with Crippen molar-refractivity contribution in [2.24, 2.45) is 0 Å².